The molecule has 2 heterocycles. The Labute approximate surface area is 191 Å². The highest BCUT2D eigenvalue weighted by Gasteiger charge is 2.15. The van der Waals surface area contributed by atoms with Crippen LogP contribution in [0.4, 0.5) is 5.69 Å². The maximum atomic E-state index is 12.7. The minimum atomic E-state index is -3.49. The number of nitrogens with one attached hydrogen (secondary N) is 1. The summed E-state index contributed by atoms with van der Waals surface area (Å²) in [5.74, 6) is 0. The zero-order chi connectivity index (χ0) is 23.2. The molecular formula is C26H23N3O3S. The summed E-state index contributed by atoms with van der Waals surface area (Å²) >= 11 is 0. The van der Waals surface area contributed by atoms with Gasteiger partial charge in [-0.25, -0.2) is 8.42 Å². The fourth-order valence-corrected chi connectivity index (χ4v) is 4.87. The summed E-state index contributed by atoms with van der Waals surface area (Å²) in [6, 6.07) is 23.4. The minimum Gasteiger partial charge on any atom is -0.343 e. The number of rotatable bonds is 5. The second kappa shape index (κ2) is 7.94. The van der Waals surface area contributed by atoms with Crippen molar-refractivity contribution in [2.45, 2.75) is 6.54 Å². The van der Waals surface area contributed by atoms with E-state index < -0.39 is 10.0 Å². The fraction of sp³-hybridized carbons (Fsp3) is 0.115. The van der Waals surface area contributed by atoms with E-state index in [4.69, 9.17) is 0 Å². The van der Waals surface area contributed by atoms with E-state index in [2.05, 4.69) is 27.5 Å². The van der Waals surface area contributed by atoms with E-state index in [0.717, 1.165) is 39.2 Å². The molecule has 2 aromatic heterocycles. The third-order valence-corrected chi connectivity index (χ3v) is 6.37. The molecule has 0 aliphatic rings. The molecule has 0 saturated carbocycles. The average molecular weight is 458 g/mol. The molecule has 0 radical (unpaired) electrons. The predicted molar refractivity (Wildman–Crippen MR) is 134 cm³/mol. The minimum absolute atomic E-state index is 0.0719. The lowest BCUT2D eigenvalue weighted by atomic mass is 9.99. The molecule has 0 fully saturated rings. The predicted octanol–water partition coefficient (Wildman–Crippen LogP) is 4.58. The van der Waals surface area contributed by atoms with Crippen molar-refractivity contribution in [3.05, 3.63) is 101 Å². The number of sulfonamides is 1. The lowest BCUT2D eigenvalue weighted by Crippen LogP contribution is -2.16. The molecule has 0 saturated heterocycles. The van der Waals surface area contributed by atoms with Crippen molar-refractivity contribution in [3.8, 4) is 11.1 Å². The van der Waals surface area contributed by atoms with E-state index in [1.165, 1.54) is 0 Å². The van der Waals surface area contributed by atoms with Gasteiger partial charge in [0.15, 0.2) is 0 Å². The summed E-state index contributed by atoms with van der Waals surface area (Å²) in [5, 5.41) is 2.26. The largest absolute Gasteiger partial charge is 0.343 e. The van der Waals surface area contributed by atoms with Gasteiger partial charge in [0, 0.05) is 42.3 Å². The van der Waals surface area contributed by atoms with Crippen LogP contribution in [0.5, 0.6) is 0 Å². The molecule has 0 amide bonds. The van der Waals surface area contributed by atoms with Gasteiger partial charge in [-0.1, -0.05) is 48.5 Å². The summed E-state index contributed by atoms with van der Waals surface area (Å²) in [5.41, 5.74) is 4.17. The highest BCUT2D eigenvalue weighted by atomic mass is 32.2. The van der Waals surface area contributed by atoms with Crippen molar-refractivity contribution in [1.29, 1.82) is 0 Å². The van der Waals surface area contributed by atoms with Gasteiger partial charge in [0.05, 0.1) is 17.5 Å². The van der Waals surface area contributed by atoms with E-state index in [1.807, 2.05) is 60.8 Å². The van der Waals surface area contributed by atoms with Crippen LogP contribution in [0, 0.1) is 0 Å². The first-order valence-electron chi connectivity index (χ1n) is 10.5. The number of fused-ring (bicyclic) bond motifs is 2. The highest BCUT2D eigenvalue weighted by Crippen LogP contribution is 2.35. The zero-order valence-corrected chi connectivity index (χ0v) is 19.1. The number of pyridine rings is 1. The van der Waals surface area contributed by atoms with E-state index in [0.29, 0.717) is 17.6 Å². The van der Waals surface area contributed by atoms with Crippen LogP contribution in [0.2, 0.25) is 0 Å². The van der Waals surface area contributed by atoms with Gasteiger partial charge in [0.25, 0.3) is 5.56 Å². The number of aryl methyl sites for hydroxylation is 1. The monoisotopic (exact) mass is 457 g/mol. The SMILES string of the molecule is Cn1cc(-c2cc(NS(C)(=O)=O)c3ccn(Cc4ccccc4)c3c2)c2ccccc2c1=O. The van der Waals surface area contributed by atoms with Gasteiger partial charge in [0.2, 0.25) is 10.0 Å². The lowest BCUT2D eigenvalue weighted by molar-refractivity contribution is 0.607. The summed E-state index contributed by atoms with van der Waals surface area (Å²) in [6.07, 6.45) is 4.92. The Balaban J connectivity index is 1.78. The Hall–Kier alpha value is -3.84. The first-order chi connectivity index (χ1) is 15.8. The molecule has 0 aliphatic heterocycles. The second-order valence-corrected chi connectivity index (χ2v) is 10.0. The van der Waals surface area contributed by atoms with Crippen LogP contribution in [0.1, 0.15) is 5.56 Å². The molecule has 6 nitrogen and oxygen atoms in total. The van der Waals surface area contributed by atoms with Gasteiger partial charge in [-0.15, -0.1) is 0 Å². The molecule has 7 heteroatoms. The van der Waals surface area contributed by atoms with Crippen molar-refractivity contribution in [2.24, 2.45) is 7.05 Å². The maximum Gasteiger partial charge on any atom is 0.258 e. The van der Waals surface area contributed by atoms with E-state index in [9.17, 15) is 13.2 Å². The Bertz CT molecular complexity index is 1670. The van der Waals surface area contributed by atoms with Crippen LogP contribution in [0.25, 0.3) is 32.8 Å². The summed E-state index contributed by atoms with van der Waals surface area (Å²) in [6.45, 7) is 0.653. The number of hydrogen-bond acceptors (Lipinski definition) is 3. The standard InChI is InChI=1S/C26H23N3O3S/c1-28-17-23(20-10-6-7-11-21(20)26(28)30)19-14-24(27-33(2,31)32)22-12-13-29(25(22)15-19)16-18-8-4-3-5-9-18/h3-15,17,27H,16H2,1-2H3. The molecule has 5 aromatic rings. The summed E-state index contributed by atoms with van der Waals surface area (Å²) in [7, 11) is -1.76. The number of aromatic nitrogens is 2. The van der Waals surface area contributed by atoms with Gasteiger partial charge in [-0.2, -0.15) is 0 Å². The topological polar surface area (TPSA) is 73.1 Å². The van der Waals surface area contributed by atoms with E-state index >= 15 is 0 Å². The molecule has 33 heavy (non-hydrogen) atoms. The molecule has 0 unspecified atom stereocenters. The number of hydrogen-bond donors (Lipinski definition) is 1. The van der Waals surface area contributed by atoms with Crippen molar-refractivity contribution in [3.63, 3.8) is 0 Å². The maximum absolute atomic E-state index is 12.7. The Morgan fingerprint density at radius 1 is 0.879 bits per heavy atom. The first-order valence-corrected chi connectivity index (χ1v) is 12.4. The van der Waals surface area contributed by atoms with Crippen LogP contribution in [0.3, 0.4) is 0 Å². The molecule has 0 spiro atoms. The van der Waals surface area contributed by atoms with Crippen LogP contribution >= 0.6 is 0 Å². The van der Waals surface area contributed by atoms with Crippen molar-refractivity contribution in [1.82, 2.24) is 9.13 Å². The van der Waals surface area contributed by atoms with Crippen LogP contribution in [-0.4, -0.2) is 23.8 Å². The molecule has 166 valence electrons. The molecule has 5 rings (SSSR count). The number of anilines is 1. The summed E-state index contributed by atoms with van der Waals surface area (Å²) in [4.78, 5) is 12.7. The zero-order valence-electron chi connectivity index (χ0n) is 18.3. The van der Waals surface area contributed by atoms with Gasteiger partial charge < -0.3 is 9.13 Å². The van der Waals surface area contributed by atoms with Gasteiger partial charge in [-0.3, -0.25) is 9.52 Å². The van der Waals surface area contributed by atoms with Crippen molar-refractivity contribution in [2.75, 3.05) is 11.0 Å². The fourth-order valence-electron chi connectivity index (χ4n) is 4.30. The third-order valence-electron chi connectivity index (χ3n) is 5.78. The van der Waals surface area contributed by atoms with Crippen LogP contribution in [0.15, 0.2) is 90.0 Å². The smallest absolute Gasteiger partial charge is 0.258 e. The van der Waals surface area contributed by atoms with Crippen molar-refractivity contribution < 1.29 is 8.42 Å². The second-order valence-electron chi connectivity index (χ2n) is 8.26. The van der Waals surface area contributed by atoms with Crippen molar-refractivity contribution >= 4 is 37.4 Å². The molecule has 0 bridgehead atoms. The first kappa shape index (κ1) is 21.0. The summed E-state index contributed by atoms with van der Waals surface area (Å²) < 4.78 is 30.6. The van der Waals surface area contributed by atoms with Gasteiger partial charge in [0.1, 0.15) is 0 Å². The highest BCUT2D eigenvalue weighted by molar-refractivity contribution is 7.92. The number of benzene rings is 3. The molecule has 0 atom stereocenters. The lowest BCUT2D eigenvalue weighted by Gasteiger charge is -2.14. The molecule has 3 aromatic carbocycles. The molecule has 0 aliphatic carbocycles. The Morgan fingerprint density at radius 2 is 1.58 bits per heavy atom. The van der Waals surface area contributed by atoms with Gasteiger partial charge >= 0.3 is 0 Å². The van der Waals surface area contributed by atoms with Crippen LogP contribution < -0.4 is 10.3 Å². The Morgan fingerprint density at radius 3 is 2.30 bits per heavy atom. The normalized spacial score (nSPS) is 11.8. The van der Waals surface area contributed by atoms with Gasteiger partial charge in [-0.05, 0) is 40.8 Å². The third kappa shape index (κ3) is 4.03. The number of nitrogens with zero attached hydrogens (tertiary/aromatic N) is 2. The molecular weight excluding hydrogens is 434 g/mol. The Kier molecular flexibility index (Phi) is 5.06. The quantitative estimate of drug-likeness (QED) is 0.420. The van der Waals surface area contributed by atoms with E-state index in [1.54, 1.807) is 17.8 Å². The average Bonchev–Trinajstić information content (AvgIpc) is 3.19. The molecule has 1 N–H and O–H groups in total. The van der Waals surface area contributed by atoms with Crippen LogP contribution in [-0.2, 0) is 23.6 Å². The van der Waals surface area contributed by atoms with E-state index in [-0.39, 0.29) is 5.56 Å².